The first-order chi connectivity index (χ1) is 19.4. The third kappa shape index (κ3) is 5.17. The molecule has 0 unspecified atom stereocenters. The SMILES string of the molecule is C=C1CC(c2ccc(CNC(=O)c3cc(C(=O)NCc4ccc5c(c4)CC(=O)CO5)nc4ccnn34)cc2)=NO1. The minimum Gasteiger partial charge on any atom is -0.486 e. The van der Waals surface area contributed by atoms with Gasteiger partial charge in [-0.25, -0.2) is 9.50 Å². The predicted molar refractivity (Wildman–Crippen MR) is 144 cm³/mol. The number of Topliss-reactive ketones (excluding diaryl/α,β-unsaturated/α-hetero) is 1. The molecule has 0 saturated heterocycles. The van der Waals surface area contributed by atoms with Crippen molar-refractivity contribution in [3.8, 4) is 5.75 Å². The number of carbonyl (C=O) groups excluding carboxylic acids is 3. The highest BCUT2D eigenvalue weighted by atomic mass is 16.6. The number of carbonyl (C=O) groups is 3. The highest BCUT2D eigenvalue weighted by Crippen LogP contribution is 2.24. The maximum Gasteiger partial charge on any atom is 0.270 e. The topological polar surface area (TPSA) is 136 Å². The second-order valence-electron chi connectivity index (χ2n) is 9.48. The lowest BCUT2D eigenvalue weighted by atomic mass is 10.0. The summed E-state index contributed by atoms with van der Waals surface area (Å²) in [5.41, 5.74) is 4.86. The molecule has 2 amide bonds. The fourth-order valence-corrected chi connectivity index (χ4v) is 4.52. The first kappa shape index (κ1) is 25.0. The van der Waals surface area contributed by atoms with Crippen LogP contribution >= 0.6 is 0 Å². The van der Waals surface area contributed by atoms with E-state index in [-0.39, 0.29) is 36.9 Å². The molecular formula is C29H24N6O5. The Labute approximate surface area is 228 Å². The van der Waals surface area contributed by atoms with Crippen LogP contribution < -0.4 is 15.4 Å². The fraction of sp³-hybridized carbons (Fsp3) is 0.172. The average molecular weight is 537 g/mol. The quantitative estimate of drug-likeness (QED) is 0.371. The highest BCUT2D eigenvalue weighted by Gasteiger charge is 2.20. The molecule has 2 aliphatic rings. The standard InChI is InChI=1S/C29H24N6O5/c1-17-10-23(34-40-17)20-5-2-18(3-6-20)14-31-29(38)25-13-24(33-27-8-9-32-35(25)27)28(37)30-15-19-4-7-26-21(11-19)12-22(36)16-39-26/h2-9,11,13H,1,10,12,14-16H2,(H,30,37)(H,31,38). The number of allylic oxidation sites excluding steroid dienone is 1. The minimum absolute atomic E-state index is 0.00978. The molecule has 0 fully saturated rings. The van der Waals surface area contributed by atoms with Gasteiger partial charge in [-0.2, -0.15) is 5.10 Å². The molecule has 11 heteroatoms. The summed E-state index contributed by atoms with van der Waals surface area (Å²) < 4.78 is 6.82. The number of hydrogen-bond acceptors (Lipinski definition) is 8. The summed E-state index contributed by atoms with van der Waals surface area (Å²) in [6.45, 7) is 4.33. The number of ether oxygens (including phenoxy) is 1. The molecular weight excluding hydrogens is 512 g/mol. The molecule has 0 bridgehead atoms. The molecule has 0 spiro atoms. The Morgan fingerprint density at radius 3 is 2.52 bits per heavy atom. The maximum absolute atomic E-state index is 13.1. The van der Waals surface area contributed by atoms with Gasteiger partial charge in [0.05, 0.1) is 18.3 Å². The Morgan fingerprint density at radius 1 is 0.950 bits per heavy atom. The monoisotopic (exact) mass is 536 g/mol. The van der Waals surface area contributed by atoms with Crippen molar-refractivity contribution >= 4 is 29.0 Å². The third-order valence-corrected chi connectivity index (χ3v) is 6.57. The van der Waals surface area contributed by atoms with Gasteiger partial charge in [0.15, 0.2) is 11.4 Å². The Kier molecular flexibility index (Phi) is 6.52. The fourth-order valence-electron chi connectivity index (χ4n) is 4.52. The zero-order valence-electron chi connectivity index (χ0n) is 21.3. The lowest BCUT2D eigenvalue weighted by Gasteiger charge is -2.17. The first-order valence-corrected chi connectivity index (χ1v) is 12.6. The van der Waals surface area contributed by atoms with Crippen molar-refractivity contribution in [2.45, 2.75) is 25.9 Å². The Bertz CT molecular complexity index is 1710. The molecule has 2 aromatic heterocycles. The van der Waals surface area contributed by atoms with Crippen molar-refractivity contribution in [3.63, 3.8) is 0 Å². The maximum atomic E-state index is 13.1. The van der Waals surface area contributed by atoms with Crippen LogP contribution in [0.4, 0.5) is 0 Å². The van der Waals surface area contributed by atoms with E-state index in [0.29, 0.717) is 30.0 Å². The van der Waals surface area contributed by atoms with Crippen LogP contribution in [0.15, 0.2) is 78.3 Å². The van der Waals surface area contributed by atoms with Gasteiger partial charge in [-0.3, -0.25) is 14.4 Å². The number of hydrogen-bond donors (Lipinski definition) is 2. The number of rotatable bonds is 7. The van der Waals surface area contributed by atoms with Crippen LogP contribution in [0.25, 0.3) is 5.65 Å². The van der Waals surface area contributed by atoms with E-state index in [0.717, 1.165) is 28.0 Å². The molecule has 6 rings (SSSR count). The van der Waals surface area contributed by atoms with Crippen molar-refractivity contribution < 1.29 is 24.0 Å². The van der Waals surface area contributed by atoms with Gasteiger partial charge in [-0.15, -0.1) is 0 Å². The van der Waals surface area contributed by atoms with Crippen molar-refractivity contribution in [2.24, 2.45) is 5.16 Å². The third-order valence-electron chi connectivity index (χ3n) is 6.57. The Morgan fingerprint density at radius 2 is 1.73 bits per heavy atom. The summed E-state index contributed by atoms with van der Waals surface area (Å²) in [7, 11) is 0. The molecule has 2 aromatic carbocycles. The molecule has 4 aromatic rings. The van der Waals surface area contributed by atoms with E-state index >= 15 is 0 Å². The predicted octanol–water partition coefficient (Wildman–Crippen LogP) is 2.73. The molecule has 40 heavy (non-hydrogen) atoms. The molecule has 0 aliphatic carbocycles. The second kappa shape index (κ2) is 10.4. The Hall–Kier alpha value is -5.32. The molecule has 0 radical (unpaired) electrons. The smallest absolute Gasteiger partial charge is 0.270 e. The van der Waals surface area contributed by atoms with Crippen LogP contribution in [-0.4, -0.2) is 44.5 Å². The molecule has 0 atom stereocenters. The van der Waals surface area contributed by atoms with Gasteiger partial charge in [0, 0.05) is 37.2 Å². The zero-order chi connectivity index (χ0) is 27.6. The summed E-state index contributed by atoms with van der Waals surface area (Å²) in [6.07, 6.45) is 2.39. The lowest BCUT2D eigenvalue weighted by molar-refractivity contribution is -0.121. The van der Waals surface area contributed by atoms with E-state index in [4.69, 9.17) is 9.57 Å². The summed E-state index contributed by atoms with van der Waals surface area (Å²) >= 11 is 0. The largest absolute Gasteiger partial charge is 0.486 e. The van der Waals surface area contributed by atoms with Crippen LogP contribution in [0.5, 0.6) is 5.75 Å². The number of oxime groups is 1. The molecule has 11 nitrogen and oxygen atoms in total. The van der Waals surface area contributed by atoms with Crippen LogP contribution in [0, 0.1) is 0 Å². The molecule has 2 aliphatic heterocycles. The van der Waals surface area contributed by atoms with E-state index < -0.39 is 11.8 Å². The highest BCUT2D eigenvalue weighted by molar-refractivity contribution is 6.02. The molecule has 4 heterocycles. The summed E-state index contributed by atoms with van der Waals surface area (Å²) in [4.78, 5) is 47.3. The van der Waals surface area contributed by atoms with Crippen molar-refractivity contribution in [1.29, 1.82) is 0 Å². The zero-order valence-corrected chi connectivity index (χ0v) is 21.3. The summed E-state index contributed by atoms with van der Waals surface area (Å²) in [6, 6.07) is 16.1. The number of aromatic nitrogens is 3. The van der Waals surface area contributed by atoms with E-state index in [1.807, 2.05) is 36.4 Å². The van der Waals surface area contributed by atoms with Crippen molar-refractivity contribution in [1.82, 2.24) is 25.2 Å². The lowest BCUT2D eigenvalue weighted by Crippen LogP contribution is -2.28. The van der Waals surface area contributed by atoms with Gasteiger partial charge in [0.25, 0.3) is 11.8 Å². The average Bonchev–Trinajstić information content (AvgIpc) is 3.63. The van der Waals surface area contributed by atoms with E-state index in [1.165, 1.54) is 16.8 Å². The summed E-state index contributed by atoms with van der Waals surface area (Å²) in [5.74, 6) is 0.445. The number of nitrogens with zero attached hydrogens (tertiary/aromatic N) is 4. The second-order valence-corrected chi connectivity index (χ2v) is 9.48. The minimum atomic E-state index is -0.445. The van der Waals surface area contributed by atoms with Gasteiger partial charge in [-0.1, -0.05) is 42.1 Å². The summed E-state index contributed by atoms with van der Waals surface area (Å²) in [5, 5.41) is 13.9. The molecule has 0 saturated carbocycles. The Balaban J connectivity index is 1.13. The van der Waals surface area contributed by atoms with Gasteiger partial charge in [0.1, 0.15) is 29.5 Å². The number of fused-ring (bicyclic) bond motifs is 2. The number of amides is 2. The van der Waals surface area contributed by atoms with E-state index in [1.54, 1.807) is 12.1 Å². The van der Waals surface area contributed by atoms with Gasteiger partial charge in [0.2, 0.25) is 0 Å². The number of ketones is 1. The number of nitrogens with one attached hydrogen (secondary N) is 2. The number of benzene rings is 2. The van der Waals surface area contributed by atoms with E-state index in [2.05, 4.69) is 32.5 Å². The first-order valence-electron chi connectivity index (χ1n) is 12.6. The van der Waals surface area contributed by atoms with Crippen LogP contribution in [0.2, 0.25) is 0 Å². The van der Waals surface area contributed by atoms with Crippen molar-refractivity contribution in [2.75, 3.05) is 6.61 Å². The van der Waals surface area contributed by atoms with Crippen LogP contribution in [-0.2, 0) is 29.1 Å². The van der Waals surface area contributed by atoms with E-state index in [9.17, 15) is 14.4 Å². The molecule has 200 valence electrons. The normalized spacial score (nSPS) is 14.2. The van der Waals surface area contributed by atoms with Crippen molar-refractivity contribution in [3.05, 3.63) is 107 Å². The van der Waals surface area contributed by atoms with Gasteiger partial charge in [-0.05, 0) is 28.8 Å². The van der Waals surface area contributed by atoms with Crippen LogP contribution in [0.1, 0.15) is 49.7 Å². The molecule has 2 N–H and O–H groups in total. The van der Waals surface area contributed by atoms with Crippen LogP contribution in [0.3, 0.4) is 0 Å². The van der Waals surface area contributed by atoms with Gasteiger partial charge < -0.3 is 20.2 Å². The van der Waals surface area contributed by atoms with Gasteiger partial charge >= 0.3 is 0 Å².